The molecule has 3 nitrogen and oxygen atoms in total. The van der Waals surface area contributed by atoms with E-state index >= 15 is 0 Å². The third kappa shape index (κ3) is 3.86. The Labute approximate surface area is 131 Å². The number of anilines is 1. The topological polar surface area (TPSA) is 38.3 Å². The molecule has 0 saturated heterocycles. The van der Waals surface area contributed by atoms with Crippen molar-refractivity contribution in [1.82, 2.24) is 0 Å². The molecule has 0 amide bonds. The lowest BCUT2D eigenvalue weighted by atomic mass is 10.1. The van der Waals surface area contributed by atoms with Gasteiger partial charge in [0.05, 0.1) is 7.11 Å². The average Bonchev–Trinajstić information content (AvgIpc) is 2.48. The molecule has 0 aliphatic rings. The van der Waals surface area contributed by atoms with E-state index in [0.29, 0.717) is 21.3 Å². The van der Waals surface area contributed by atoms with Gasteiger partial charge in [0, 0.05) is 21.3 Å². The number of nitrogens with one attached hydrogen (secondary N) is 1. The number of methoxy groups -OCH3 is 1. The van der Waals surface area contributed by atoms with Gasteiger partial charge in [0.25, 0.3) is 0 Å². The van der Waals surface area contributed by atoms with E-state index in [-0.39, 0.29) is 5.82 Å². The summed E-state index contributed by atoms with van der Waals surface area (Å²) >= 11 is 12.1. The molecular weight excluding hydrogens is 316 g/mol. The van der Waals surface area contributed by atoms with Gasteiger partial charge >= 0.3 is 5.97 Å². The number of carbonyl (C=O) groups is 1. The van der Waals surface area contributed by atoms with Gasteiger partial charge in [-0.3, -0.25) is 0 Å². The van der Waals surface area contributed by atoms with Gasteiger partial charge < -0.3 is 10.1 Å². The first-order valence-electron chi connectivity index (χ1n) is 6.06. The second-order valence-corrected chi connectivity index (χ2v) is 5.12. The molecule has 0 aliphatic heterocycles. The molecule has 0 aliphatic carbocycles. The summed E-state index contributed by atoms with van der Waals surface area (Å²) in [6.45, 7) is 0. The maximum atomic E-state index is 12.9. The molecule has 6 heteroatoms. The van der Waals surface area contributed by atoms with Crippen molar-refractivity contribution in [3.8, 4) is 0 Å². The Balaban J connectivity index is 2.36. The van der Waals surface area contributed by atoms with Crippen molar-refractivity contribution < 1.29 is 13.9 Å². The number of hydrogen-bond acceptors (Lipinski definition) is 3. The van der Waals surface area contributed by atoms with Crippen LogP contribution in [0.15, 0.2) is 42.5 Å². The first-order valence-corrected chi connectivity index (χ1v) is 6.81. The average molecular weight is 328 g/mol. The SMILES string of the molecule is COC(=O)C(Nc1ccc(F)cc1)c1cc(Cl)ccc1Cl. The quantitative estimate of drug-likeness (QED) is 0.842. The Morgan fingerprint density at radius 3 is 2.48 bits per heavy atom. The number of ether oxygens (including phenoxy) is 1. The van der Waals surface area contributed by atoms with Crippen LogP contribution in [0.1, 0.15) is 11.6 Å². The first-order chi connectivity index (χ1) is 10.0. The first kappa shape index (κ1) is 15.6. The van der Waals surface area contributed by atoms with Gasteiger partial charge in [-0.25, -0.2) is 9.18 Å². The van der Waals surface area contributed by atoms with Gasteiger partial charge in [-0.05, 0) is 42.5 Å². The summed E-state index contributed by atoms with van der Waals surface area (Å²) in [6.07, 6.45) is 0. The van der Waals surface area contributed by atoms with Crippen molar-refractivity contribution in [2.24, 2.45) is 0 Å². The number of rotatable bonds is 4. The molecule has 21 heavy (non-hydrogen) atoms. The molecule has 0 bridgehead atoms. The van der Waals surface area contributed by atoms with Crippen molar-refractivity contribution in [3.63, 3.8) is 0 Å². The fourth-order valence-electron chi connectivity index (χ4n) is 1.83. The van der Waals surface area contributed by atoms with Crippen LogP contribution in [0, 0.1) is 5.82 Å². The van der Waals surface area contributed by atoms with Crippen LogP contribution in [-0.4, -0.2) is 13.1 Å². The molecule has 0 saturated carbocycles. The second kappa shape index (κ2) is 6.78. The fourth-order valence-corrected chi connectivity index (χ4v) is 2.24. The van der Waals surface area contributed by atoms with Crippen LogP contribution in [0.25, 0.3) is 0 Å². The van der Waals surface area contributed by atoms with Crippen molar-refractivity contribution in [2.75, 3.05) is 12.4 Å². The van der Waals surface area contributed by atoms with Crippen molar-refractivity contribution in [2.45, 2.75) is 6.04 Å². The van der Waals surface area contributed by atoms with E-state index in [9.17, 15) is 9.18 Å². The summed E-state index contributed by atoms with van der Waals surface area (Å²) in [7, 11) is 1.28. The summed E-state index contributed by atoms with van der Waals surface area (Å²) in [6, 6.07) is 9.58. The predicted molar refractivity (Wildman–Crippen MR) is 81.2 cm³/mol. The molecule has 0 fully saturated rings. The highest BCUT2D eigenvalue weighted by atomic mass is 35.5. The van der Waals surface area contributed by atoms with Gasteiger partial charge in [-0.15, -0.1) is 0 Å². The van der Waals surface area contributed by atoms with Gasteiger partial charge in [0.1, 0.15) is 5.82 Å². The van der Waals surface area contributed by atoms with Crippen LogP contribution in [0.3, 0.4) is 0 Å². The highest BCUT2D eigenvalue weighted by Crippen LogP contribution is 2.29. The smallest absolute Gasteiger partial charge is 0.333 e. The molecule has 0 aromatic heterocycles. The highest BCUT2D eigenvalue weighted by Gasteiger charge is 2.24. The molecule has 2 aromatic carbocycles. The Morgan fingerprint density at radius 2 is 1.86 bits per heavy atom. The monoisotopic (exact) mass is 327 g/mol. The summed E-state index contributed by atoms with van der Waals surface area (Å²) < 4.78 is 17.7. The van der Waals surface area contributed by atoms with Crippen LogP contribution >= 0.6 is 23.2 Å². The van der Waals surface area contributed by atoms with E-state index in [1.807, 2.05) is 0 Å². The van der Waals surface area contributed by atoms with Gasteiger partial charge in [0.2, 0.25) is 0 Å². The lowest BCUT2D eigenvalue weighted by Gasteiger charge is -2.19. The molecule has 1 unspecified atom stereocenters. The van der Waals surface area contributed by atoms with Gasteiger partial charge in [-0.2, -0.15) is 0 Å². The molecule has 2 aromatic rings. The minimum absolute atomic E-state index is 0.365. The lowest BCUT2D eigenvalue weighted by molar-refractivity contribution is -0.141. The molecule has 1 N–H and O–H groups in total. The highest BCUT2D eigenvalue weighted by molar-refractivity contribution is 6.33. The Hall–Kier alpha value is -1.78. The zero-order chi connectivity index (χ0) is 15.4. The molecule has 110 valence electrons. The molecule has 2 rings (SSSR count). The van der Waals surface area contributed by atoms with E-state index in [1.165, 1.54) is 31.4 Å². The second-order valence-electron chi connectivity index (χ2n) is 4.27. The van der Waals surface area contributed by atoms with Gasteiger partial charge in [-0.1, -0.05) is 23.2 Å². The summed E-state index contributed by atoms with van der Waals surface area (Å²) in [5.74, 6) is -0.889. The van der Waals surface area contributed by atoms with Crippen LogP contribution < -0.4 is 5.32 Å². The normalized spacial score (nSPS) is 11.8. The molecule has 0 radical (unpaired) electrons. The largest absolute Gasteiger partial charge is 0.467 e. The van der Waals surface area contributed by atoms with E-state index < -0.39 is 12.0 Å². The van der Waals surface area contributed by atoms with E-state index in [1.54, 1.807) is 18.2 Å². The van der Waals surface area contributed by atoms with Crippen molar-refractivity contribution >= 4 is 34.9 Å². The minimum Gasteiger partial charge on any atom is -0.467 e. The predicted octanol–water partition coefficient (Wildman–Crippen LogP) is 4.46. The standard InChI is InChI=1S/C15H12Cl2FNO2/c1-21-15(20)14(12-8-9(16)2-7-13(12)17)19-11-5-3-10(18)4-6-11/h2-8,14,19H,1H3. The molecular formula is C15H12Cl2FNO2. The van der Waals surface area contributed by atoms with Crippen LogP contribution in [0.5, 0.6) is 0 Å². The van der Waals surface area contributed by atoms with Crippen LogP contribution in [-0.2, 0) is 9.53 Å². The Kier molecular flexibility index (Phi) is 5.04. The van der Waals surface area contributed by atoms with E-state index in [0.717, 1.165) is 0 Å². The number of esters is 1. The van der Waals surface area contributed by atoms with Crippen molar-refractivity contribution in [3.05, 3.63) is 63.9 Å². The molecule has 0 spiro atoms. The van der Waals surface area contributed by atoms with Crippen LogP contribution in [0.4, 0.5) is 10.1 Å². The van der Waals surface area contributed by atoms with E-state index in [4.69, 9.17) is 27.9 Å². The Bertz CT molecular complexity index is 647. The number of benzene rings is 2. The summed E-state index contributed by atoms with van der Waals surface area (Å²) in [5.41, 5.74) is 1.04. The van der Waals surface area contributed by atoms with Crippen LogP contribution in [0.2, 0.25) is 10.0 Å². The third-order valence-electron chi connectivity index (χ3n) is 2.86. The summed E-state index contributed by atoms with van der Waals surface area (Å²) in [4.78, 5) is 12.0. The van der Waals surface area contributed by atoms with E-state index in [2.05, 4.69) is 5.32 Å². The fraction of sp³-hybridized carbons (Fsp3) is 0.133. The molecule has 1 atom stereocenters. The number of hydrogen-bond donors (Lipinski definition) is 1. The maximum Gasteiger partial charge on any atom is 0.333 e. The Morgan fingerprint density at radius 1 is 1.19 bits per heavy atom. The molecule has 0 heterocycles. The zero-order valence-electron chi connectivity index (χ0n) is 11.1. The third-order valence-corrected chi connectivity index (χ3v) is 3.44. The number of halogens is 3. The lowest BCUT2D eigenvalue weighted by Crippen LogP contribution is -2.22. The van der Waals surface area contributed by atoms with Gasteiger partial charge in [0.15, 0.2) is 6.04 Å². The maximum absolute atomic E-state index is 12.9. The van der Waals surface area contributed by atoms with Crippen molar-refractivity contribution in [1.29, 1.82) is 0 Å². The zero-order valence-corrected chi connectivity index (χ0v) is 12.6. The minimum atomic E-state index is -0.841. The number of carbonyl (C=O) groups excluding carboxylic acids is 1. The summed E-state index contributed by atoms with van der Waals surface area (Å²) in [5, 5.41) is 3.78.